The van der Waals surface area contributed by atoms with Gasteiger partial charge in [0.1, 0.15) is 10.9 Å². The van der Waals surface area contributed by atoms with Crippen molar-refractivity contribution < 1.29 is 22.8 Å². The van der Waals surface area contributed by atoms with Gasteiger partial charge in [-0.1, -0.05) is 49.7 Å². The molecule has 8 nitrogen and oxygen atoms in total. The minimum atomic E-state index is -4.02. The van der Waals surface area contributed by atoms with Crippen molar-refractivity contribution in [3.63, 3.8) is 0 Å². The average Bonchev–Trinajstić information content (AvgIpc) is 3.00. The van der Waals surface area contributed by atoms with Gasteiger partial charge in [-0.3, -0.25) is 14.4 Å². The number of hydrogen-bond donors (Lipinski definition) is 1. The molecule has 0 saturated carbocycles. The minimum absolute atomic E-state index is 0.0631. The molecule has 1 aliphatic heterocycles. The number of amides is 3. The van der Waals surface area contributed by atoms with Crippen molar-refractivity contribution in [3.05, 3.63) is 64.7 Å². The lowest BCUT2D eigenvalue weighted by Gasteiger charge is -2.29. The van der Waals surface area contributed by atoms with Crippen LogP contribution in [0.1, 0.15) is 43.1 Å². The Balaban J connectivity index is 1.77. The van der Waals surface area contributed by atoms with Crippen molar-refractivity contribution in [2.24, 2.45) is 5.92 Å². The van der Waals surface area contributed by atoms with E-state index >= 15 is 0 Å². The third kappa shape index (κ3) is 5.59. The van der Waals surface area contributed by atoms with E-state index in [0.29, 0.717) is 11.6 Å². The van der Waals surface area contributed by atoms with E-state index in [-0.39, 0.29) is 41.8 Å². The number of carbonyl (C=O) groups excluding carboxylic acids is 3. The Kier molecular flexibility index (Phi) is 7.99. The van der Waals surface area contributed by atoms with Crippen LogP contribution in [0.25, 0.3) is 0 Å². The molecule has 182 valence electrons. The molecule has 1 unspecified atom stereocenters. The molecular weight excluding hydrogens is 478 g/mol. The van der Waals surface area contributed by atoms with Gasteiger partial charge in [-0.05, 0) is 42.7 Å². The maximum Gasteiger partial charge on any atom is 0.269 e. The number of nitrogens with zero attached hydrogens (tertiary/aromatic N) is 2. The van der Waals surface area contributed by atoms with Crippen LogP contribution in [0.3, 0.4) is 0 Å². The van der Waals surface area contributed by atoms with E-state index in [1.807, 2.05) is 13.8 Å². The van der Waals surface area contributed by atoms with Crippen LogP contribution in [0.4, 0.5) is 0 Å². The fourth-order valence-electron chi connectivity index (χ4n) is 3.61. The van der Waals surface area contributed by atoms with Crippen LogP contribution in [0.5, 0.6) is 0 Å². The van der Waals surface area contributed by atoms with Crippen LogP contribution in [-0.2, 0) is 26.2 Å². The Bertz CT molecular complexity index is 1180. The molecule has 1 heterocycles. The highest BCUT2D eigenvalue weighted by Crippen LogP contribution is 2.30. The largest absolute Gasteiger partial charge is 0.354 e. The molecule has 0 spiro atoms. The summed E-state index contributed by atoms with van der Waals surface area (Å²) in [4.78, 5) is 39.9. The monoisotopic (exact) mass is 505 g/mol. The van der Waals surface area contributed by atoms with E-state index in [4.69, 9.17) is 11.6 Å². The molecule has 34 heavy (non-hydrogen) atoms. The topological polar surface area (TPSA) is 104 Å². The zero-order chi connectivity index (χ0) is 25.0. The molecule has 2 aromatic carbocycles. The highest BCUT2D eigenvalue weighted by atomic mass is 35.5. The summed E-state index contributed by atoms with van der Waals surface area (Å²) < 4.78 is 26.3. The smallest absolute Gasteiger partial charge is 0.269 e. The number of fused-ring (bicyclic) bond motifs is 1. The van der Waals surface area contributed by atoms with Crippen LogP contribution >= 0.6 is 11.6 Å². The highest BCUT2D eigenvalue weighted by Gasteiger charge is 2.41. The van der Waals surface area contributed by atoms with Gasteiger partial charge in [0.05, 0.1) is 5.56 Å². The first-order valence-electron chi connectivity index (χ1n) is 11.0. The Labute approximate surface area is 204 Å². The van der Waals surface area contributed by atoms with E-state index < -0.39 is 27.9 Å². The fraction of sp³-hybridized carbons (Fsp3) is 0.375. The molecule has 10 heteroatoms. The van der Waals surface area contributed by atoms with Crippen LogP contribution < -0.4 is 5.32 Å². The second-order valence-corrected chi connectivity index (χ2v) is 10.9. The van der Waals surface area contributed by atoms with Gasteiger partial charge in [-0.15, -0.1) is 0 Å². The number of nitrogens with one attached hydrogen (secondary N) is 1. The van der Waals surface area contributed by atoms with Crippen molar-refractivity contribution in [2.75, 3.05) is 13.1 Å². The summed E-state index contributed by atoms with van der Waals surface area (Å²) in [6.45, 7) is 5.83. The molecule has 3 amide bonds. The molecule has 0 bridgehead atoms. The minimum Gasteiger partial charge on any atom is -0.354 e. The summed E-state index contributed by atoms with van der Waals surface area (Å²) in [6, 6.07) is 12.0. The predicted octanol–water partition coefficient (Wildman–Crippen LogP) is 3.06. The van der Waals surface area contributed by atoms with Gasteiger partial charge in [0.25, 0.3) is 15.9 Å². The average molecular weight is 506 g/mol. The third-order valence-electron chi connectivity index (χ3n) is 5.56. The standard InChI is InChI=1S/C24H28ClN3O5S/c1-16(2)14-26-23(30)17(3)27(15-18-8-10-19(25)11-9-18)22(29)12-13-28-24(31)20-6-4-5-7-21(20)34(28,32)33/h4-11,16-17H,12-15H2,1-3H3,(H,26,30). The molecule has 3 rings (SSSR count). The molecule has 1 N–H and O–H groups in total. The van der Waals surface area contributed by atoms with Gasteiger partial charge in [-0.25, -0.2) is 12.7 Å². The molecule has 0 radical (unpaired) electrons. The van der Waals surface area contributed by atoms with E-state index in [9.17, 15) is 22.8 Å². The Hall–Kier alpha value is -2.91. The number of benzene rings is 2. The Morgan fingerprint density at radius 2 is 1.71 bits per heavy atom. The van der Waals surface area contributed by atoms with Crippen LogP contribution in [0, 0.1) is 5.92 Å². The molecule has 0 aromatic heterocycles. The zero-order valence-electron chi connectivity index (χ0n) is 19.3. The quantitative estimate of drug-likeness (QED) is 0.564. The summed E-state index contributed by atoms with van der Waals surface area (Å²) >= 11 is 5.96. The van der Waals surface area contributed by atoms with Crippen molar-refractivity contribution in [1.29, 1.82) is 0 Å². The molecular formula is C24H28ClN3O5S. The zero-order valence-corrected chi connectivity index (χ0v) is 20.9. The van der Waals surface area contributed by atoms with Crippen LogP contribution in [0.15, 0.2) is 53.4 Å². The fourth-order valence-corrected chi connectivity index (χ4v) is 5.31. The van der Waals surface area contributed by atoms with Crippen molar-refractivity contribution in [1.82, 2.24) is 14.5 Å². The van der Waals surface area contributed by atoms with Crippen LogP contribution in [-0.4, -0.2) is 54.5 Å². The lowest BCUT2D eigenvalue weighted by atomic mass is 10.1. The molecule has 2 aromatic rings. The van der Waals surface area contributed by atoms with E-state index in [1.54, 1.807) is 43.3 Å². The first kappa shape index (κ1) is 25.7. The lowest BCUT2D eigenvalue weighted by Crippen LogP contribution is -2.49. The summed E-state index contributed by atoms with van der Waals surface area (Å²) in [5.74, 6) is -1.17. The van der Waals surface area contributed by atoms with E-state index in [1.165, 1.54) is 17.0 Å². The highest BCUT2D eigenvalue weighted by molar-refractivity contribution is 7.90. The Morgan fingerprint density at radius 1 is 1.06 bits per heavy atom. The van der Waals surface area contributed by atoms with Crippen molar-refractivity contribution in [2.45, 2.75) is 44.7 Å². The van der Waals surface area contributed by atoms with E-state index in [2.05, 4.69) is 5.32 Å². The SMILES string of the molecule is CC(C)CNC(=O)C(C)N(Cc1ccc(Cl)cc1)C(=O)CCN1C(=O)c2ccccc2S1(=O)=O. The van der Waals surface area contributed by atoms with Gasteiger partial charge in [-0.2, -0.15) is 0 Å². The first-order valence-corrected chi connectivity index (χ1v) is 12.8. The molecule has 0 fully saturated rings. The maximum atomic E-state index is 13.2. The molecule has 0 aliphatic carbocycles. The van der Waals surface area contributed by atoms with Gasteiger partial charge >= 0.3 is 0 Å². The normalized spacial score (nSPS) is 15.2. The molecule has 0 saturated heterocycles. The predicted molar refractivity (Wildman–Crippen MR) is 129 cm³/mol. The van der Waals surface area contributed by atoms with Gasteiger partial charge < -0.3 is 10.2 Å². The number of sulfonamides is 1. The number of halogens is 1. The number of carbonyl (C=O) groups is 3. The molecule has 1 aliphatic rings. The second-order valence-electron chi connectivity index (χ2n) is 8.59. The lowest BCUT2D eigenvalue weighted by molar-refractivity contribution is -0.140. The van der Waals surface area contributed by atoms with Crippen molar-refractivity contribution >= 4 is 39.3 Å². The Morgan fingerprint density at radius 3 is 2.32 bits per heavy atom. The maximum absolute atomic E-state index is 13.2. The first-order chi connectivity index (χ1) is 16.0. The molecule has 1 atom stereocenters. The third-order valence-corrected chi connectivity index (χ3v) is 7.65. The second kappa shape index (κ2) is 10.6. The van der Waals surface area contributed by atoms with E-state index in [0.717, 1.165) is 9.87 Å². The number of hydrogen-bond acceptors (Lipinski definition) is 5. The summed E-state index contributed by atoms with van der Waals surface area (Å²) in [5.41, 5.74) is 0.855. The number of rotatable bonds is 9. The van der Waals surface area contributed by atoms with Gasteiger partial charge in [0.15, 0.2) is 0 Å². The van der Waals surface area contributed by atoms with Crippen molar-refractivity contribution in [3.8, 4) is 0 Å². The summed E-state index contributed by atoms with van der Waals surface area (Å²) in [7, 11) is -4.02. The summed E-state index contributed by atoms with van der Waals surface area (Å²) in [5, 5.41) is 3.37. The van der Waals surface area contributed by atoms with Gasteiger partial charge in [0.2, 0.25) is 11.8 Å². The summed E-state index contributed by atoms with van der Waals surface area (Å²) in [6.07, 6.45) is -0.256. The van der Waals surface area contributed by atoms with Crippen LogP contribution in [0.2, 0.25) is 5.02 Å². The van der Waals surface area contributed by atoms with Gasteiger partial charge in [0, 0.05) is 31.1 Å².